The van der Waals surface area contributed by atoms with Crippen molar-refractivity contribution in [3.8, 4) is 11.4 Å². The van der Waals surface area contributed by atoms with Crippen LogP contribution in [0.4, 0.5) is 0 Å². The number of hydrogen-bond donors (Lipinski definition) is 0. The van der Waals surface area contributed by atoms with Gasteiger partial charge in [0.15, 0.2) is 11.5 Å². The summed E-state index contributed by atoms with van der Waals surface area (Å²) in [5.41, 5.74) is 4.88. The average molecular weight is 247 g/mol. The van der Waals surface area contributed by atoms with Crippen LogP contribution < -0.4 is 5.46 Å². The Hall–Kier alpha value is -2.10. The van der Waals surface area contributed by atoms with E-state index in [1.165, 1.54) is 5.56 Å². The minimum absolute atomic E-state index is 0.720. The largest absolute Gasteiger partial charge is 0.220 e. The van der Waals surface area contributed by atoms with Gasteiger partial charge in [-0.25, -0.2) is 9.50 Å². The molecule has 2 aromatic heterocycles. The maximum Gasteiger partial charge on any atom is 0.182 e. The summed E-state index contributed by atoms with van der Waals surface area (Å²) in [5.74, 6) is 0.720. The lowest BCUT2D eigenvalue weighted by molar-refractivity contribution is 0.939. The van der Waals surface area contributed by atoms with Gasteiger partial charge in [0.05, 0.1) is 0 Å². The summed E-state index contributed by atoms with van der Waals surface area (Å²) >= 11 is 0. The zero-order valence-corrected chi connectivity index (χ0v) is 11.1. The molecule has 0 unspecified atom stereocenters. The molecule has 3 rings (SSSR count). The molecule has 3 aromatic rings. The molecule has 3 nitrogen and oxygen atoms in total. The van der Waals surface area contributed by atoms with E-state index >= 15 is 0 Å². The summed E-state index contributed by atoms with van der Waals surface area (Å²) in [6.07, 6.45) is 3.01. The molecule has 0 spiro atoms. The monoisotopic (exact) mass is 247 g/mol. The van der Waals surface area contributed by atoms with E-state index in [9.17, 15) is 0 Å². The summed E-state index contributed by atoms with van der Waals surface area (Å²) in [5, 5.41) is 4.54. The van der Waals surface area contributed by atoms with Crippen molar-refractivity contribution in [2.75, 3.05) is 0 Å². The van der Waals surface area contributed by atoms with Crippen LogP contribution in [0.15, 0.2) is 36.5 Å². The van der Waals surface area contributed by atoms with Crippen molar-refractivity contribution < 1.29 is 0 Å². The van der Waals surface area contributed by atoms with Crippen LogP contribution >= 0.6 is 0 Å². The third-order valence-corrected chi connectivity index (χ3v) is 3.42. The lowest BCUT2D eigenvalue weighted by Gasteiger charge is -2.04. The molecule has 19 heavy (non-hydrogen) atoms. The van der Waals surface area contributed by atoms with Gasteiger partial charge in [-0.05, 0) is 30.5 Å². The molecule has 0 N–H and O–H groups in total. The van der Waals surface area contributed by atoms with E-state index in [0.717, 1.165) is 34.5 Å². The summed E-state index contributed by atoms with van der Waals surface area (Å²) in [6, 6.07) is 9.91. The van der Waals surface area contributed by atoms with E-state index in [2.05, 4.69) is 23.1 Å². The Kier molecular flexibility index (Phi) is 2.86. The Morgan fingerprint density at radius 2 is 2.05 bits per heavy atom. The molecule has 92 valence electrons. The van der Waals surface area contributed by atoms with E-state index in [1.54, 1.807) is 0 Å². The van der Waals surface area contributed by atoms with Crippen molar-refractivity contribution >= 4 is 19.0 Å². The molecule has 0 aliphatic carbocycles. The van der Waals surface area contributed by atoms with Crippen molar-refractivity contribution in [3.05, 3.63) is 47.7 Å². The van der Waals surface area contributed by atoms with E-state index < -0.39 is 0 Å². The first-order chi connectivity index (χ1) is 9.19. The molecule has 2 radical (unpaired) electrons. The molecule has 2 heterocycles. The topological polar surface area (TPSA) is 30.2 Å². The predicted octanol–water partition coefficient (Wildman–Crippen LogP) is 2.06. The van der Waals surface area contributed by atoms with Gasteiger partial charge in [-0.1, -0.05) is 36.7 Å². The number of fused-ring (bicyclic) bond motifs is 1. The van der Waals surface area contributed by atoms with E-state index in [1.807, 2.05) is 41.9 Å². The Morgan fingerprint density at radius 1 is 1.21 bits per heavy atom. The number of hydrogen-bond acceptors (Lipinski definition) is 2. The van der Waals surface area contributed by atoms with Gasteiger partial charge in [0.25, 0.3) is 0 Å². The Morgan fingerprint density at radius 3 is 2.84 bits per heavy atom. The van der Waals surface area contributed by atoms with Crippen LogP contribution in [-0.2, 0) is 6.42 Å². The molecule has 0 saturated heterocycles. The van der Waals surface area contributed by atoms with Crippen LogP contribution in [0.5, 0.6) is 0 Å². The summed E-state index contributed by atoms with van der Waals surface area (Å²) in [7, 11) is 5.94. The highest BCUT2D eigenvalue weighted by atomic mass is 15.3. The normalized spacial score (nSPS) is 11.1. The van der Waals surface area contributed by atoms with Crippen LogP contribution in [0.3, 0.4) is 0 Å². The third-order valence-electron chi connectivity index (χ3n) is 3.42. The number of pyridine rings is 1. The van der Waals surface area contributed by atoms with Gasteiger partial charge in [-0.3, -0.25) is 0 Å². The van der Waals surface area contributed by atoms with Gasteiger partial charge < -0.3 is 0 Å². The quantitative estimate of drug-likeness (QED) is 0.649. The van der Waals surface area contributed by atoms with Gasteiger partial charge in [0, 0.05) is 11.8 Å². The molecule has 0 saturated carbocycles. The maximum absolute atomic E-state index is 5.94. The second-order valence-corrected chi connectivity index (χ2v) is 4.65. The van der Waals surface area contributed by atoms with Crippen molar-refractivity contribution in [1.82, 2.24) is 14.6 Å². The number of benzene rings is 1. The van der Waals surface area contributed by atoms with E-state index in [0.29, 0.717) is 0 Å². The highest BCUT2D eigenvalue weighted by Gasteiger charge is 2.09. The molecular formula is C15H14BN3. The Labute approximate surface area is 113 Å². The fraction of sp³-hybridized carbons (Fsp3) is 0.200. The Bertz CT molecular complexity index is 746. The Balaban J connectivity index is 2.18. The lowest BCUT2D eigenvalue weighted by Crippen LogP contribution is -2.07. The minimum Gasteiger partial charge on any atom is -0.220 e. The highest BCUT2D eigenvalue weighted by molar-refractivity contribution is 6.33. The fourth-order valence-electron chi connectivity index (χ4n) is 2.14. The smallest absolute Gasteiger partial charge is 0.182 e. The van der Waals surface area contributed by atoms with Gasteiger partial charge in [0.2, 0.25) is 0 Å². The maximum atomic E-state index is 5.94. The van der Waals surface area contributed by atoms with Crippen LogP contribution in [0, 0.1) is 6.92 Å². The number of aryl methyl sites for hydroxylation is 1. The summed E-state index contributed by atoms with van der Waals surface area (Å²) < 4.78 is 1.83. The first-order valence-corrected chi connectivity index (χ1v) is 6.40. The highest BCUT2D eigenvalue weighted by Crippen LogP contribution is 2.19. The first-order valence-electron chi connectivity index (χ1n) is 6.40. The molecule has 1 aromatic carbocycles. The van der Waals surface area contributed by atoms with Crippen LogP contribution in [-0.4, -0.2) is 22.4 Å². The van der Waals surface area contributed by atoms with Gasteiger partial charge >= 0.3 is 0 Å². The summed E-state index contributed by atoms with van der Waals surface area (Å²) in [4.78, 5) is 4.56. The average Bonchev–Trinajstić information content (AvgIpc) is 2.84. The van der Waals surface area contributed by atoms with Crippen LogP contribution in [0.2, 0.25) is 0 Å². The number of aromatic nitrogens is 3. The van der Waals surface area contributed by atoms with Crippen molar-refractivity contribution in [2.24, 2.45) is 0 Å². The molecule has 0 atom stereocenters. The van der Waals surface area contributed by atoms with E-state index in [-0.39, 0.29) is 0 Å². The van der Waals surface area contributed by atoms with Gasteiger partial charge in [-0.2, -0.15) is 0 Å². The zero-order valence-electron chi connectivity index (χ0n) is 11.1. The van der Waals surface area contributed by atoms with Crippen LogP contribution in [0.1, 0.15) is 18.1 Å². The van der Waals surface area contributed by atoms with Crippen molar-refractivity contribution in [2.45, 2.75) is 20.3 Å². The molecule has 0 fully saturated rings. The van der Waals surface area contributed by atoms with Gasteiger partial charge in [0.1, 0.15) is 7.85 Å². The third kappa shape index (κ3) is 2.03. The SMILES string of the molecule is [B]c1cccc(-c2nc3ccc(CC)cn3n2)c1C. The molecule has 0 amide bonds. The van der Waals surface area contributed by atoms with Crippen LogP contribution in [0.25, 0.3) is 17.0 Å². The van der Waals surface area contributed by atoms with E-state index in [4.69, 9.17) is 7.85 Å². The molecule has 0 bridgehead atoms. The standard InChI is InChI=1S/C15H14BN3/c1-3-11-7-8-14-17-15(18-19(14)9-11)12-5-4-6-13(16)10(12)2/h4-9H,3H2,1-2H3. The predicted molar refractivity (Wildman–Crippen MR) is 77.9 cm³/mol. The summed E-state index contributed by atoms with van der Waals surface area (Å²) in [6.45, 7) is 4.12. The number of rotatable bonds is 2. The van der Waals surface area contributed by atoms with Crippen molar-refractivity contribution in [1.29, 1.82) is 0 Å². The minimum atomic E-state index is 0.720. The lowest BCUT2D eigenvalue weighted by atomic mass is 9.88. The van der Waals surface area contributed by atoms with Crippen molar-refractivity contribution in [3.63, 3.8) is 0 Å². The molecule has 0 aliphatic rings. The molecule has 4 heteroatoms. The first kappa shape index (κ1) is 12.0. The fourth-order valence-corrected chi connectivity index (χ4v) is 2.14. The second kappa shape index (κ2) is 4.54. The zero-order chi connectivity index (χ0) is 13.4. The molecular weight excluding hydrogens is 233 g/mol. The molecule has 0 aliphatic heterocycles. The number of nitrogens with zero attached hydrogens (tertiary/aromatic N) is 3. The van der Waals surface area contributed by atoms with Gasteiger partial charge in [-0.15, -0.1) is 5.10 Å². The second-order valence-electron chi connectivity index (χ2n) is 4.65.